The molecule has 6 heteroatoms. The van der Waals surface area contributed by atoms with E-state index in [2.05, 4.69) is 49.1 Å². The van der Waals surface area contributed by atoms with E-state index in [0.717, 1.165) is 43.8 Å². The van der Waals surface area contributed by atoms with Crippen LogP contribution in [0.1, 0.15) is 0 Å². The number of hydrogen-bond donors (Lipinski definition) is 2. The summed E-state index contributed by atoms with van der Waals surface area (Å²) in [5, 5.41) is 14.7. The molecule has 0 aliphatic heterocycles. The minimum absolute atomic E-state index is 0.813. The van der Waals surface area contributed by atoms with Gasteiger partial charge in [0.15, 0.2) is 0 Å². The third-order valence-electron chi connectivity index (χ3n) is 4.16. The van der Waals surface area contributed by atoms with Crippen LogP contribution in [0, 0.1) is 0 Å². The van der Waals surface area contributed by atoms with Gasteiger partial charge in [0, 0.05) is 22.0 Å². The quantitative estimate of drug-likeness (QED) is 0.485. The van der Waals surface area contributed by atoms with Crippen LogP contribution in [-0.4, -0.2) is 20.2 Å². The summed E-state index contributed by atoms with van der Waals surface area (Å²) >= 11 is 1.63. The molecule has 0 fully saturated rings. The van der Waals surface area contributed by atoms with Crippen molar-refractivity contribution < 1.29 is 0 Å². The summed E-state index contributed by atoms with van der Waals surface area (Å²) in [6, 6.07) is 16.4. The van der Waals surface area contributed by atoms with Gasteiger partial charge in [0.05, 0.1) is 17.1 Å². The zero-order valence-corrected chi connectivity index (χ0v) is 13.9. The van der Waals surface area contributed by atoms with Gasteiger partial charge in [-0.15, -0.1) is 11.3 Å². The summed E-state index contributed by atoms with van der Waals surface area (Å²) < 4.78 is 0. The molecule has 2 aromatic carbocycles. The number of aromatic nitrogens is 4. The van der Waals surface area contributed by atoms with Gasteiger partial charge in [0.25, 0.3) is 0 Å². The zero-order valence-electron chi connectivity index (χ0n) is 13.1. The number of hydrogen-bond acceptors (Lipinski definition) is 5. The normalized spacial score (nSPS) is 11.2. The molecular weight excluding hydrogens is 330 g/mol. The fraction of sp³-hybridized carbons (Fsp3) is 0. The minimum Gasteiger partial charge on any atom is -0.340 e. The van der Waals surface area contributed by atoms with Gasteiger partial charge in [-0.1, -0.05) is 30.3 Å². The maximum Gasteiger partial charge on any atom is 0.143 e. The predicted octanol–water partition coefficient (Wildman–Crippen LogP) is 4.98. The Morgan fingerprint density at radius 1 is 1.00 bits per heavy atom. The third-order valence-corrected chi connectivity index (χ3v) is 5.04. The van der Waals surface area contributed by atoms with Crippen molar-refractivity contribution >= 4 is 44.0 Å². The van der Waals surface area contributed by atoms with Crippen molar-refractivity contribution in [2.75, 3.05) is 5.32 Å². The first kappa shape index (κ1) is 14.1. The SMILES string of the molecule is c1ccc(-c2csc3ncnc(Nc4ccc5[nH]ncc5c4)c23)cc1. The number of rotatable bonds is 3. The maximum atomic E-state index is 4.49. The molecule has 0 aliphatic rings. The Morgan fingerprint density at radius 3 is 2.84 bits per heavy atom. The lowest BCUT2D eigenvalue weighted by Crippen LogP contribution is -1.95. The highest BCUT2D eigenvalue weighted by atomic mass is 32.1. The molecule has 25 heavy (non-hydrogen) atoms. The average Bonchev–Trinajstić information content (AvgIpc) is 3.29. The van der Waals surface area contributed by atoms with Gasteiger partial charge in [-0.05, 0) is 23.8 Å². The standard InChI is InChI=1S/C19H13N5S/c1-2-4-12(5-3-1)15-10-25-19-17(15)18(20-11-21-19)23-14-6-7-16-13(8-14)9-22-24-16/h1-11H,(H,22,24)(H,20,21,23). The molecule has 5 rings (SSSR count). The van der Waals surface area contributed by atoms with Crippen LogP contribution in [0.25, 0.3) is 32.2 Å². The highest BCUT2D eigenvalue weighted by Gasteiger charge is 2.13. The van der Waals surface area contributed by atoms with E-state index in [0.29, 0.717) is 0 Å². The number of nitrogens with one attached hydrogen (secondary N) is 2. The number of anilines is 2. The van der Waals surface area contributed by atoms with Crippen molar-refractivity contribution in [2.24, 2.45) is 0 Å². The third kappa shape index (κ3) is 2.43. The monoisotopic (exact) mass is 343 g/mol. The number of benzene rings is 2. The number of H-pyrrole nitrogens is 1. The second-order valence-corrected chi connectivity index (χ2v) is 6.57. The summed E-state index contributed by atoms with van der Waals surface area (Å²) in [4.78, 5) is 9.89. The summed E-state index contributed by atoms with van der Waals surface area (Å²) in [6.45, 7) is 0. The van der Waals surface area contributed by atoms with Crippen molar-refractivity contribution in [3.05, 3.63) is 66.4 Å². The van der Waals surface area contributed by atoms with E-state index in [1.54, 1.807) is 17.7 Å². The number of fused-ring (bicyclic) bond motifs is 2. The molecule has 0 amide bonds. The zero-order chi connectivity index (χ0) is 16.6. The molecule has 0 bridgehead atoms. The van der Waals surface area contributed by atoms with E-state index >= 15 is 0 Å². The van der Waals surface area contributed by atoms with Gasteiger partial charge in [-0.2, -0.15) is 5.10 Å². The van der Waals surface area contributed by atoms with Crippen molar-refractivity contribution in [1.82, 2.24) is 20.2 Å². The second-order valence-electron chi connectivity index (χ2n) is 5.71. The van der Waals surface area contributed by atoms with Crippen LogP contribution in [0.4, 0.5) is 11.5 Å². The van der Waals surface area contributed by atoms with Gasteiger partial charge >= 0.3 is 0 Å². The highest BCUT2D eigenvalue weighted by Crippen LogP contribution is 2.37. The van der Waals surface area contributed by atoms with Gasteiger partial charge in [-0.3, -0.25) is 5.10 Å². The number of nitrogens with zero attached hydrogens (tertiary/aromatic N) is 3. The van der Waals surface area contributed by atoms with Crippen LogP contribution in [0.2, 0.25) is 0 Å². The Morgan fingerprint density at radius 2 is 1.92 bits per heavy atom. The average molecular weight is 343 g/mol. The first-order chi connectivity index (χ1) is 12.4. The lowest BCUT2D eigenvalue weighted by atomic mass is 10.1. The van der Waals surface area contributed by atoms with E-state index < -0.39 is 0 Å². The molecule has 3 heterocycles. The molecule has 0 saturated heterocycles. The van der Waals surface area contributed by atoms with E-state index in [1.807, 2.05) is 36.5 Å². The smallest absolute Gasteiger partial charge is 0.143 e. The van der Waals surface area contributed by atoms with Crippen molar-refractivity contribution in [1.29, 1.82) is 0 Å². The first-order valence-corrected chi connectivity index (χ1v) is 8.74. The van der Waals surface area contributed by atoms with E-state index in [9.17, 15) is 0 Å². The molecule has 0 atom stereocenters. The Balaban J connectivity index is 1.64. The molecule has 5 aromatic rings. The highest BCUT2D eigenvalue weighted by molar-refractivity contribution is 7.17. The fourth-order valence-corrected chi connectivity index (χ4v) is 3.87. The van der Waals surface area contributed by atoms with Crippen molar-refractivity contribution in [2.45, 2.75) is 0 Å². The van der Waals surface area contributed by atoms with Crippen LogP contribution in [0.3, 0.4) is 0 Å². The van der Waals surface area contributed by atoms with Crippen LogP contribution >= 0.6 is 11.3 Å². The van der Waals surface area contributed by atoms with Crippen molar-refractivity contribution in [3.63, 3.8) is 0 Å². The fourth-order valence-electron chi connectivity index (χ4n) is 2.96. The number of thiophene rings is 1. The molecule has 0 radical (unpaired) electrons. The van der Waals surface area contributed by atoms with Gasteiger partial charge in [0.1, 0.15) is 17.0 Å². The summed E-state index contributed by atoms with van der Waals surface area (Å²) in [6.07, 6.45) is 3.42. The van der Waals surface area contributed by atoms with Crippen molar-refractivity contribution in [3.8, 4) is 11.1 Å². The topological polar surface area (TPSA) is 66.5 Å². The Hall–Kier alpha value is -3.25. The first-order valence-electron chi connectivity index (χ1n) is 7.86. The van der Waals surface area contributed by atoms with E-state index in [4.69, 9.17) is 0 Å². The Labute approximate surface area is 147 Å². The molecule has 2 N–H and O–H groups in total. The molecular formula is C19H13N5S. The van der Waals surface area contributed by atoms with Crippen LogP contribution in [-0.2, 0) is 0 Å². The molecule has 0 unspecified atom stereocenters. The largest absolute Gasteiger partial charge is 0.340 e. The number of aromatic amines is 1. The van der Waals surface area contributed by atoms with E-state index in [1.165, 1.54) is 0 Å². The van der Waals surface area contributed by atoms with Gasteiger partial charge in [-0.25, -0.2) is 9.97 Å². The molecule has 3 aromatic heterocycles. The molecule has 5 nitrogen and oxygen atoms in total. The lowest BCUT2D eigenvalue weighted by Gasteiger charge is -2.08. The molecule has 0 spiro atoms. The predicted molar refractivity (Wildman–Crippen MR) is 102 cm³/mol. The van der Waals surface area contributed by atoms with Gasteiger partial charge in [0.2, 0.25) is 0 Å². The maximum absolute atomic E-state index is 4.49. The van der Waals surface area contributed by atoms with Crippen LogP contribution in [0.15, 0.2) is 66.4 Å². The second kappa shape index (κ2) is 5.68. The van der Waals surface area contributed by atoms with E-state index in [-0.39, 0.29) is 0 Å². The Bertz CT molecular complexity index is 1180. The minimum atomic E-state index is 0.813. The Kier molecular flexibility index (Phi) is 3.21. The summed E-state index contributed by atoms with van der Waals surface area (Å²) in [7, 11) is 0. The van der Waals surface area contributed by atoms with Crippen LogP contribution in [0.5, 0.6) is 0 Å². The molecule has 0 aliphatic carbocycles. The molecule has 120 valence electrons. The summed E-state index contributed by atoms with van der Waals surface area (Å²) in [5.74, 6) is 0.813. The van der Waals surface area contributed by atoms with Gasteiger partial charge < -0.3 is 5.32 Å². The molecule has 0 saturated carbocycles. The summed E-state index contributed by atoms with van der Waals surface area (Å²) in [5.41, 5.74) is 4.29. The van der Waals surface area contributed by atoms with Crippen LogP contribution < -0.4 is 5.32 Å². The lowest BCUT2D eigenvalue weighted by molar-refractivity contribution is 1.12.